The van der Waals surface area contributed by atoms with Crippen LogP contribution in [-0.2, 0) is 16.0 Å². The maximum absolute atomic E-state index is 10.9. The van der Waals surface area contributed by atoms with Crippen LogP contribution in [0.5, 0.6) is 5.75 Å². The van der Waals surface area contributed by atoms with Gasteiger partial charge in [0.05, 0.1) is 19.8 Å². The number of morpholine rings is 1. The Kier molecular flexibility index (Phi) is 10.0. The molecule has 1 aliphatic heterocycles. The van der Waals surface area contributed by atoms with Gasteiger partial charge in [0, 0.05) is 30.1 Å². The summed E-state index contributed by atoms with van der Waals surface area (Å²) < 4.78 is 11.4. The van der Waals surface area contributed by atoms with Crippen LogP contribution in [0.25, 0.3) is 5.57 Å². The van der Waals surface area contributed by atoms with Gasteiger partial charge >= 0.3 is 5.97 Å². The van der Waals surface area contributed by atoms with Crippen LogP contribution in [0.3, 0.4) is 0 Å². The number of aryl methyl sites for hydroxylation is 2. The molecule has 0 unspecified atom stereocenters. The van der Waals surface area contributed by atoms with Gasteiger partial charge in [-0.2, -0.15) is 0 Å². The fourth-order valence-corrected chi connectivity index (χ4v) is 4.41. The Bertz CT molecular complexity index is 1310. The zero-order valence-corrected chi connectivity index (χ0v) is 22.3. The van der Waals surface area contributed by atoms with Crippen molar-refractivity contribution in [3.8, 4) is 17.6 Å². The predicted octanol–water partition coefficient (Wildman–Crippen LogP) is 5.86. The second-order valence-corrected chi connectivity index (χ2v) is 9.62. The van der Waals surface area contributed by atoms with E-state index in [4.69, 9.17) is 26.2 Å². The van der Waals surface area contributed by atoms with Gasteiger partial charge in [0.1, 0.15) is 12.4 Å². The molecule has 196 valence electrons. The van der Waals surface area contributed by atoms with Gasteiger partial charge in [-0.3, -0.25) is 9.69 Å². The van der Waals surface area contributed by atoms with E-state index in [1.807, 2.05) is 61.5 Å². The number of rotatable bonds is 9. The van der Waals surface area contributed by atoms with Crippen LogP contribution in [0.4, 0.5) is 0 Å². The molecule has 0 atom stereocenters. The van der Waals surface area contributed by atoms with Gasteiger partial charge in [-0.05, 0) is 83.6 Å². The Balaban J connectivity index is 1.46. The Morgan fingerprint density at radius 1 is 1.05 bits per heavy atom. The first-order chi connectivity index (χ1) is 18.5. The van der Waals surface area contributed by atoms with Crippen molar-refractivity contribution < 1.29 is 19.4 Å². The molecule has 1 aliphatic rings. The first-order valence-corrected chi connectivity index (χ1v) is 13.2. The lowest BCUT2D eigenvalue weighted by Gasteiger charge is -2.24. The number of nitrogens with zero attached hydrogens (tertiary/aromatic N) is 1. The standard InChI is InChI=1S/C32H32ClNO4/c1-24-23-30(14-10-26(24)11-15-32(35)36)38-20-16-31(28-8-12-29(33)13-9-28)27-6-4-25(5-7-27)3-2-17-34-18-21-37-22-19-34/h4-10,12-14,16,23H,11,15,17-22H2,1H3,(H,35,36). The van der Waals surface area contributed by atoms with E-state index in [2.05, 4.69) is 34.9 Å². The third kappa shape index (κ3) is 8.22. The maximum Gasteiger partial charge on any atom is 0.303 e. The Morgan fingerprint density at radius 2 is 1.74 bits per heavy atom. The first kappa shape index (κ1) is 27.5. The third-order valence-electron chi connectivity index (χ3n) is 6.45. The van der Waals surface area contributed by atoms with Crippen molar-refractivity contribution in [3.05, 3.63) is 106 Å². The molecule has 0 amide bonds. The van der Waals surface area contributed by atoms with Gasteiger partial charge in [-0.15, -0.1) is 0 Å². The largest absolute Gasteiger partial charge is 0.490 e. The number of carbonyl (C=O) groups is 1. The van der Waals surface area contributed by atoms with Gasteiger partial charge in [0.2, 0.25) is 0 Å². The van der Waals surface area contributed by atoms with Gasteiger partial charge in [-0.1, -0.05) is 53.8 Å². The van der Waals surface area contributed by atoms with E-state index in [0.717, 1.165) is 72.0 Å². The lowest BCUT2D eigenvalue weighted by Crippen LogP contribution is -2.36. The van der Waals surface area contributed by atoms with E-state index in [1.54, 1.807) is 0 Å². The summed E-state index contributed by atoms with van der Waals surface area (Å²) in [5.74, 6) is 6.50. The summed E-state index contributed by atoms with van der Waals surface area (Å²) in [7, 11) is 0. The molecule has 0 saturated carbocycles. The molecule has 1 heterocycles. The molecule has 6 heteroatoms. The quantitative estimate of drug-likeness (QED) is 0.352. The number of aliphatic carboxylic acids is 1. The fourth-order valence-electron chi connectivity index (χ4n) is 4.28. The summed E-state index contributed by atoms with van der Waals surface area (Å²) in [5.41, 5.74) is 6.18. The monoisotopic (exact) mass is 529 g/mol. The molecular formula is C32H32ClNO4. The lowest BCUT2D eigenvalue weighted by molar-refractivity contribution is -0.136. The molecule has 1 N–H and O–H groups in total. The number of hydrogen-bond acceptors (Lipinski definition) is 4. The van der Waals surface area contributed by atoms with Crippen LogP contribution in [0.15, 0.2) is 72.8 Å². The summed E-state index contributed by atoms with van der Waals surface area (Å²) >= 11 is 6.14. The van der Waals surface area contributed by atoms with E-state index in [0.29, 0.717) is 18.1 Å². The molecule has 3 aromatic carbocycles. The molecule has 0 aliphatic carbocycles. The van der Waals surface area contributed by atoms with Crippen LogP contribution < -0.4 is 4.74 Å². The molecule has 4 rings (SSSR count). The molecular weight excluding hydrogens is 498 g/mol. The summed E-state index contributed by atoms with van der Waals surface area (Å²) in [6.45, 7) is 6.52. The second kappa shape index (κ2) is 13.8. The highest BCUT2D eigenvalue weighted by Gasteiger charge is 2.09. The zero-order chi connectivity index (χ0) is 26.7. The van der Waals surface area contributed by atoms with E-state index >= 15 is 0 Å². The first-order valence-electron chi connectivity index (χ1n) is 12.8. The lowest BCUT2D eigenvalue weighted by atomic mass is 9.97. The molecule has 0 aromatic heterocycles. The molecule has 1 saturated heterocycles. The maximum atomic E-state index is 10.9. The van der Waals surface area contributed by atoms with Gasteiger partial charge in [-0.25, -0.2) is 0 Å². The zero-order valence-electron chi connectivity index (χ0n) is 21.6. The van der Waals surface area contributed by atoms with Crippen molar-refractivity contribution in [1.82, 2.24) is 4.90 Å². The van der Waals surface area contributed by atoms with Crippen molar-refractivity contribution >= 4 is 23.1 Å². The highest BCUT2D eigenvalue weighted by molar-refractivity contribution is 6.30. The van der Waals surface area contributed by atoms with Crippen molar-refractivity contribution in [2.75, 3.05) is 39.5 Å². The summed E-state index contributed by atoms with van der Waals surface area (Å²) in [6, 6.07) is 21.8. The molecule has 38 heavy (non-hydrogen) atoms. The van der Waals surface area contributed by atoms with Crippen LogP contribution in [0.2, 0.25) is 5.02 Å². The minimum Gasteiger partial charge on any atom is -0.490 e. The minimum absolute atomic E-state index is 0.118. The number of hydrogen-bond donors (Lipinski definition) is 1. The van der Waals surface area contributed by atoms with Gasteiger partial charge in [0.25, 0.3) is 0 Å². The number of benzene rings is 3. The summed E-state index contributed by atoms with van der Waals surface area (Å²) in [4.78, 5) is 13.2. The molecule has 0 radical (unpaired) electrons. The van der Waals surface area contributed by atoms with Crippen LogP contribution in [0.1, 0.15) is 34.2 Å². The summed E-state index contributed by atoms with van der Waals surface area (Å²) in [6.07, 6.45) is 2.69. The molecule has 0 bridgehead atoms. The average Bonchev–Trinajstić information content (AvgIpc) is 2.92. The highest BCUT2D eigenvalue weighted by atomic mass is 35.5. The normalized spacial score (nSPS) is 14.0. The van der Waals surface area contributed by atoms with Crippen molar-refractivity contribution in [3.63, 3.8) is 0 Å². The van der Waals surface area contributed by atoms with Crippen LogP contribution in [0, 0.1) is 18.8 Å². The average molecular weight is 530 g/mol. The van der Waals surface area contributed by atoms with E-state index in [9.17, 15) is 4.79 Å². The number of carboxylic acids is 1. The summed E-state index contributed by atoms with van der Waals surface area (Å²) in [5, 5.41) is 9.63. The molecule has 1 fully saturated rings. The van der Waals surface area contributed by atoms with Gasteiger partial charge in [0.15, 0.2) is 0 Å². The van der Waals surface area contributed by atoms with Crippen LogP contribution in [-0.4, -0.2) is 55.4 Å². The van der Waals surface area contributed by atoms with Crippen molar-refractivity contribution in [2.45, 2.75) is 19.8 Å². The number of ether oxygens (including phenoxy) is 2. The van der Waals surface area contributed by atoms with Crippen molar-refractivity contribution in [1.29, 1.82) is 0 Å². The van der Waals surface area contributed by atoms with E-state index < -0.39 is 5.97 Å². The van der Waals surface area contributed by atoms with E-state index in [1.165, 1.54) is 0 Å². The van der Waals surface area contributed by atoms with Gasteiger partial charge < -0.3 is 14.6 Å². The van der Waals surface area contributed by atoms with E-state index in [-0.39, 0.29) is 6.42 Å². The minimum atomic E-state index is -0.794. The topological polar surface area (TPSA) is 59.0 Å². The predicted molar refractivity (Wildman–Crippen MR) is 152 cm³/mol. The fraction of sp³-hybridized carbons (Fsp3) is 0.281. The van der Waals surface area contributed by atoms with Crippen molar-refractivity contribution in [2.24, 2.45) is 0 Å². The molecule has 5 nitrogen and oxygen atoms in total. The van der Waals surface area contributed by atoms with Crippen LogP contribution >= 0.6 is 11.6 Å². The third-order valence-corrected chi connectivity index (χ3v) is 6.70. The SMILES string of the molecule is Cc1cc(OCC=C(c2ccc(Cl)cc2)c2ccc(C#CCN3CCOCC3)cc2)ccc1CCC(=O)O. The molecule has 3 aromatic rings. The Labute approximate surface area is 229 Å². The second-order valence-electron chi connectivity index (χ2n) is 9.19. The highest BCUT2D eigenvalue weighted by Crippen LogP contribution is 2.26. The number of carboxylic acid groups (broad SMARTS) is 1. The Morgan fingerprint density at radius 3 is 2.39 bits per heavy atom. The molecule has 0 spiro atoms. The smallest absolute Gasteiger partial charge is 0.303 e. The Hall–Kier alpha value is -3.56. The number of halogens is 1.